The van der Waals surface area contributed by atoms with E-state index in [1.165, 1.54) is 116 Å². The highest BCUT2D eigenvalue weighted by Crippen LogP contribution is 2.49. The first kappa shape index (κ1) is 72.9. The maximum atomic E-state index is 12.7. The molecular formula is C50H66Cl2N6O24P2S2. The molecule has 0 aliphatic carbocycles. The minimum Gasteiger partial charge on any atom is -0.448 e. The number of carbonyl (C=O) groups is 5. The molecule has 2 unspecified atom stereocenters. The van der Waals surface area contributed by atoms with E-state index in [-0.39, 0.29) is 92.8 Å². The topological polar surface area (TPSA) is 399 Å². The molecule has 0 bridgehead atoms. The van der Waals surface area contributed by atoms with E-state index in [1.807, 2.05) is 14.1 Å². The first-order valence-electron chi connectivity index (χ1n) is 25.3. The number of halogens is 2. The quantitative estimate of drug-likeness (QED) is 0.0331. The van der Waals surface area contributed by atoms with Crippen molar-refractivity contribution >= 4 is 95.1 Å². The summed E-state index contributed by atoms with van der Waals surface area (Å²) in [5, 5.41) is 10.5. The molecule has 0 aromatic heterocycles. The van der Waals surface area contributed by atoms with Crippen LogP contribution in [0.5, 0.6) is 11.5 Å². The molecule has 1 saturated heterocycles. The van der Waals surface area contributed by atoms with Crippen LogP contribution < -0.4 is 20.5 Å². The number of urea groups is 1. The molecule has 0 spiro atoms. The van der Waals surface area contributed by atoms with Crippen molar-refractivity contribution in [1.82, 2.24) is 19.6 Å². The lowest BCUT2D eigenvalue weighted by Crippen LogP contribution is -2.38. The maximum absolute atomic E-state index is 12.7. The monoisotopic (exact) mass is 1330 g/mol. The summed E-state index contributed by atoms with van der Waals surface area (Å²) < 4.78 is 134. The molecular weight excluding hydrogens is 1270 g/mol. The number of aliphatic hydroxyl groups excluding tert-OH is 1. The fourth-order valence-electron chi connectivity index (χ4n) is 5.72. The molecule has 1 aliphatic rings. The summed E-state index contributed by atoms with van der Waals surface area (Å²) in [4.78, 5) is 79.2. The predicted molar refractivity (Wildman–Crippen MR) is 307 cm³/mol. The average molecular weight is 1330 g/mol. The molecule has 1 aliphatic heterocycles. The van der Waals surface area contributed by atoms with Crippen LogP contribution in [0, 0.1) is 0 Å². The van der Waals surface area contributed by atoms with Gasteiger partial charge in [-0.1, -0.05) is 54.0 Å². The molecule has 476 valence electrons. The molecule has 6 amide bonds. The Morgan fingerprint density at radius 3 is 1.40 bits per heavy atom. The zero-order valence-electron chi connectivity index (χ0n) is 49.1. The number of carbonyl (C=O) groups excluding carboxylic acids is 7. The van der Waals surface area contributed by atoms with E-state index in [4.69, 9.17) is 77.6 Å². The fraction of sp³-hybridized carbons (Fsp3) is 0.360. The van der Waals surface area contributed by atoms with Gasteiger partial charge in [-0.2, -0.15) is 9.59 Å². The van der Waals surface area contributed by atoms with E-state index in [1.54, 1.807) is 33.4 Å². The molecule has 1 fully saturated rings. The van der Waals surface area contributed by atoms with Crippen LogP contribution in [0.1, 0.15) is 11.1 Å². The number of hydrogen-bond donors (Lipinski definition) is 3. The zero-order valence-corrected chi connectivity index (χ0v) is 52.0. The third-order valence-electron chi connectivity index (χ3n) is 10.3. The molecule has 0 radical (unpaired) electrons. The van der Waals surface area contributed by atoms with Crippen LogP contribution in [0.2, 0.25) is 12.9 Å². The Morgan fingerprint density at radius 1 is 0.663 bits per heavy atom. The minimum absolute atomic E-state index is 0.0199. The second-order valence-electron chi connectivity index (χ2n) is 16.5. The van der Waals surface area contributed by atoms with Crippen molar-refractivity contribution in [2.75, 3.05) is 107 Å². The molecule has 1 heterocycles. The van der Waals surface area contributed by atoms with Gasteiger partial charge in [0.05, 0.1) is 35.4 Å². The van der Waals surface area contributed by atoms with Gasteiger partial charge in [0, 0.05) is 84.0 Å². The van der Waals surface area contributed by atoms with Crippen LogP contribution in [0.4, 0.5) is 24.0 Å². The summed E-state index contributed by atoms with van der Waals surface area (Å²) in [6, 6.07) is 23.8. The Morgan fingerprint density at radius 2 is 1.05 bits per heavy atom. The minimum atomic E-state index is -4.06. The standard InChI is InChI=1S/C25H33ClN3O12PS.C11H16NO7P.C8H7ClO2S.C5H10N2O.CO2/c1-28(12-13-29(2)25(32)38-16-17-43(34,35)22-10-6-20(26)7-11-22)24(31)37-14-15-40-42(33,36-3)41-21-8-4-19(5-9-21)18-39-23(27)30;1-16-20(15,18-7-6-13)19-10-4-2-9(3-5-10)8-17-11(12)14;1-2-12(10,11)8-5-3-7(9)4-6-8;1-6-3-4-7(2)5(6)8;2-1-3/h4-11H,12-18H2,1-3H3,(H2,27,30);2-5,13H,6-8H2,1H3,(H2,12,14);2-6H,1H2;3-4H2,1-2H3;/i/hD2. The van der Waals surface area contributed by atoms with Crippen molar-refractivity contribution < 1.29 is 114 Å². The van der Waals surface area contributed by atoms with Crippen molar-refractivity contribution in [2.45, 2.75) is 23.0 Å². The number of ether oxygens (including phenoxy) is 4. The van der Waals surface area contributed by atoms with E-state index in [0.717, 1.165) is 25.6 Å². The fourth-order valence-corrected chi connectivity index (χ4v) is 9.59. The van der Waals surface area contributed by atoms with Crippen molar-refractivity contribution in [3.63, 3.8) is 0 Å². The smallest absolute Gasteiger partial charge is 0.448 e. The predicted octanol–water partition coefficient (Wildman–Crippen LogP) is 6.78. The number of benzene rings is 4. The molecule has 2 atom stereocenters. The van der Waals surface area contributed by atoms with E-state index in [9.17, 15) is 49.9 Å². The van der Waals surface area contributed by atoms with Crippen molar-refractivity contribution in [2.24, 2.45) is 11.5 Å². The van der Waals surface area contributed by atoms with Gasteiger partial charge in [0.25, 0.3) is 0 Å². The summed E-state index contributed by atoms with van der Waals surface area (Å²) in [5.74, 6) is -0.0568. The van der Waals surface area contributed by atoms with E-state index < -0.39 is 65.4 Å². The number of sulfone groups is 2. The number of primary amides is 2. The highest BCUT2D eigenvalue weighted by molar-refractivity contribution is 7.94. The second-order valence-corrected chi connectivity index (χ2v) is 24.8. The van der Waals surface area contributed by atoms with Crippen molar-refractivity contribution in [3.8, 4) is 11.5 Å². The average Bonchev–Trinajstić information content (AvgIpc) is 3.97. The molecule has 4 aromatic carbocycles. The summed E-state index contributed by atoms with van der Waals surface area (Å²) in [6.07, 6.45) is -3.06. The molecule has 5 rings (SSSR count). The van der Waals surface area contributed by atoms with Gasteiger partial charge in [0.2, 0.25) is 0 Å². The van der Waals surface area contributed by atoms with Gasteiger partial charge in [-0.05, 0) is 83.9 Å². The number of nitrogens with two attached hydrogens (primary N) is 2. The number of likely N-dealkylation sites (N-methyl/N-ethyl adjacent to an activating group) is 4. The lowest BCUT2D eigenvalue weighted by atomic mass is 10.2. The van der Waals surface area contributed by atoms with Gasteiger partial charge in [0.15, 0.2) is 22.5 Å². The van der Waals surface area contributed by atoms with Crippen LogP contribution in [0.15, 0.2) is 119 Å². The lowest BCUT2D eigenvalue weighted by Gasteiger charge is -2.22. The molecule has 86 heavy (non-hydrogen) atoms. The molecule has 36 heteroatoms. The van der Waals surface area contributed by atoms with E-state index in [0.29, 0.717) is 21.2 Å². The number of phosphoric acid groups is 2. The normalized spacial score (nSPS) is 13.2. The van der Waals surface area contributed by atoms with Gasteiger partial charge in [-0.25, -0.2) is 49.9 Å². The summed E-state index contributed by atoms with van der Waals surface area (Å²) in [6.45, 7) is 3.46. The number of phosphoric ester groups is 2. The highest BCUT2D eigenvalue weighted by Gasteiger charge is 2.28. The molecule has 30 nitrogen and oxygen atoms in total. The molecule has 5 N–H and O–H groups in total. The van der Waals surface area contributed by atoms with Gasteiger partial charge >= 0.3 is 52.2 Å². The third kappa shape index (κ3) is 30.7. The first-order chi connectivity index (χ1) is 41.5. The van der Waals surface area contributed by atoms with Gasteiger partial charge in [-0.15, -0.1) is 0 Å². The Hall–Kier alpha value is -7.31. The maximum Gasteiger partial charge on any atom is 0.529 e. The van der Waals surface area contributed by atoms with Crippen LogP contribution in [-0.2, 0) is 88.6 Å². The van der Waals surface area contributed by atoms with Gasteiger partial charge < -0.3 is 64.2 Å². The Kier molecular flexibility index (Phi) is 33.4. The Balaban J connectivity index is 0.000000712. The third-order valence-corrected chi connectivity index (χ3v) is 16.6. The van der Waals surface area contributed by atoms with Crippen LogP contribution in [-0.4, -0.2) is 185 Å². The summed E-state index contributed by atoms with van der Waals surface area (Å²) in [5.41, 5.74) is 4.38. The summed E-state index contributed by atoms with van der Waals surface area (Å²) in [7, 11) is -6.05. The SMILES string of the molecule is C=CS(=O)(=O)c1ccc(Cl)cc1.CN1CCN(C)C1=O.O=C=O.[2H]NC(=O)OCc1ccc(OP(=O)(OC)OCCO)cc1.[2H]NC(=O)OCc1ccc(OP(=O)(OC)OCCOC(=O)N(C)CCN(C)C(=O)OCCS(=O)(=O)c2ccc(Cl)cc2)cc1. The Labute approximate surface area is 509 Å². The number of nitrogens with zero attached hydrogens (tertiary/aromatic N) is 4. The van der Waals surface area contributed by atoms with Crippen molar-refractivity contribution in [3.05, 3.63) is 130 Å². The van der Waals surface area contributed by atoms with E-state index >= 15 is 0 Å². The summed E-state index contributed by atoms with van der Waals surface area (Å²) >= 11 is 11.4. The van der Waals surface area contributed by atoms with Crippen LogP contribution in [0.3, 0.4) is 0 Å². The van der Waals surface area contributed by atoms with Gasteiger partial charge in [0.1, 0.15) is 37.9 Å². The van der Waals surface area contributed by atoms with Crippen LogP contribution in [0.25, 0.3) is 0 Å². The van der Waals surface area contributed by atoms with Crippen molar-refractivity contribution in [1.29, 1.82) is 0 Å². The molecule has 0 saturated carbocycles. The second kappa shape index (κ2) is 39.4. The zero-order chi connectivity index (χ0) is 66.5. The molecule has 4 aromatic rings. The number of rotatable bonds is 26. The largest absolute Gasteiger partial charge is 0.529 e. The van der Waals surface area contributed by atoms with E-state index in [2.05, 4.69) is 15.8 Å². The number of amides is 6. The van der Waals surface area contributed by atoms with Crippen LogP contribution >= 0.6 is 38.8 Å². The number of hydrogen-bond acceptors (Lipinski definition) is 24. The highest BCUT2D eigenvalue weighted by atomic mass is 35.5. The number of aliphatic hydroxyl groups is 1. The first-order valence-corrected chi connectivity index (χ1v) is 31.2. The van der Waals surface area contributed by atoms with Gasteiger partial charge in [-0.3, -0.25) is 18.1 Å². The lowest BCUT2D eigenvalue weighted by molar-refractivity contribution is -0.191. The Bertz CT molecular complexity index is 3190.